The largest absolute Gasteiger partial charge is 0.494 e. The van der Waals surface area contributed by atoms with Crippen molar-refractivity contribution in [1.29, 1.82) is 0 Å². The van der Waals surface area contributed by atoms with Crippen LogP contribution in [0.15, 0.2) is 36.7 Å². The van der Waals surface area contributed by atoms with Crippen LogP contribution < -0.4 is 4.74 Å². The first-order valence-electron chi connectivity index (χ1n) is 5.66. The van der Waals surface area contributed by atoms with Gasteiger partial charge in [-0.1, -0.05) is 25.8 Å². The highest BCUT2D eigenvalue weighted by Gasteiger charge is 1.96. The third-order valence-electron chi connectivity index (χ3n) is 2.53. The predicted molar refractivity (Wildman–Crippen MR) is 66.4 cm³/mol. The monoisotopic (exact) mass is 214 g/mol. The summed E-state index contributed by atoms with van der Waals surface area (Å²) in [6.07, 6.45) is 6.82. The van der Waals surface area contributed by atoms with Crippen LogP contribution in [-0.2, 0) is 0 Å². The van der Waals surface area contributed by atoms with E-state index in [-0.39, 0.29) is 0 Å². The first-order chi connectivity index (χ1) is 7.90. The van der Waals surface area contributed by atoms with Gasteiger partial charge in [-0.25, -0.2) is 0 Å². The summed E-state index contributed by atoms with van der Waals surface area (Å²) < 4.78 is 5.66. The Bertz CT molecular complexity index is 453. The number of fused-ring (bicyclic) bond motifs is 1. The lowest BCUT2D eigenvalue weighted by molar-refractivity contribution is 0.307. The van der Waals surface area contributed by atoms with E-state index in [1.54, 1.807) is 6.20 Å². The standard InChI is InChI=1S/C14H16NO/c1-2-3-4-9-16-14-6-5-12-7-8-15-11-13(12)10-14/h5-8,10-11H,1-4,9H2. The predicted octanol–water partition coefficient (Wildman–Crippen LogP) is 3.62. The fraction of sp³-hybridized carbons (Fsp3) is 0.286. The average Bonchev–Trinajstić information content (AvgIpc) is 2.34. The molecule has 0 aliphatic heterocycles. The lowest BCUT2D eigenvalue weighted by Gasteiger charge is -2.06. The first kappa shape index (κ1) is 10.9. The second kappa shape index (κ2) is 5.50. The summed E-state index contributed by atoms with van der Waals surface area (Å²) >= 11 is 0. The molecule has 2 heteroatoms. The van der Waals surface area contributed by atoms with Crippen molar-refractivity contribution in [2.45, 2.75) is 19.3 Å². The SMILES string of the molecule is [CH2]CCCCOc1ccc2ccncc2c1. The number of pyridine rings is 1. The molecule has 0 N–H and O–H groups in total. The van der Waals surface area contributed by atoms with E-state index in [1.807, 2.05) is 24.4 Å². The first-order valence-corrected chi connectivity index (χ1v) is 5.66. The van der Waals surface area contributed by atoms with Crippen molar-refractivity contribution in [2.75, 3.05) is 6.61 Å². The highest BCUT2D eigenvalue weighted by molar-refractivity contribution is 5.82. The zero-order valence-corrected chi connectivity index (χ0v) is 9.36. The molecular formula is C14H16NO. The van der Waals surface area contributed by atoms with Crippen molar-refractivity contribution >= 4 is 10.8 Å². The maximum absolute atomic E-state index is 5.66. The van der Waals surface area contributed by atoms with E-state index in [1.165, 1.54) is 5.39 Å². The lowest BCUT2D eigenvalue weighted by atomic mass is 10.2. The van der Waals surface area contributed by atoms with Crippen LogP contribution in [-0.4, -0.2) is 11.6 Å². The molecule has 0 aliphatic rings. The Morgan fingerprint density at radius 2 is 2.06 bits per heavy atom. The third kappa shape index (κ3) is 2.72. The van der Waals surface area contributed by atoms with Crippen molar-refractivity contribution in [1.82, 2.24) is 4.98 Å². The molecule has 1 radical (unpaired) electrons. The Kier molecular flexibility index (Phi) is 3.76. The molecule has 0 saturated heterocycles. The second-order valence-corrected chi connectivity index (χ2v) is 3.79. The fourth-order valence-electron chi connectivity index (χ4n) is 1.62. The molecule has 0 atom stereocenters. The fourth-order valence-corrected chi connectivity index (χ4v) is 1.62. The number of rotatable bonds is 5. The topological polar surface area (TPSA) is 22.1 Å². The van der Waals surface area contributed by atoms with Gasteiger partial charge in [-0.2, -0.15) is 0 Å². The number of unbranched alkanes of at least 4 members (excludes halogenated alkanes) is 2. The lowest BCUT2D eigenvalue weighted by Crippen LogP contribution is -1.96. The molecule has 2 rings (SSSR count). The molecule has 2 nitrogen and oxygen atoms in total. The van der Waals surface area contributed by atoms with Gasteiger partial charge in [0.25, 0.3) is 0 Å². The van der Waals surface area contributed by atoms with E-state index in [0.717, 1.165) is 37.0 Å². The number of aromatic nitrogens is 1. The van der Waals surface area contributed by atoms with Gasteiger partial charge < -0.3 is 4.74 Å². The smallest absolute Gasteiger partial charge is 0.119 e. The van der Waals surface area contributed by atoms with Crippen molar-refractivity contribution in [3.8, 4) is 5.75 Å². The van der Waals surface area contributed by atoms with Gasteiger partial charge in [-0.05, 0) is 30.0 Å². The van der Waals surface area contributed by atoms with Crippen LogP contribution in [0.25, 0.3) is 10.8 Å². The Morgan fingerprint density at radius 1 is 1.12 bits per heavy atom. The molecule has 0 bridgehead atoms. The van der Waals surface area contributed by atoms with Crippen LogP contribution >= 0.6 is 0 Å². The van der Waals surface area contributed by atoms with E-state index in [2.05, 4.69) is 18.0 Å². The van der Waals surface area contributed by atoms with Gasteiger partial charge in [0, 0.05) is 17.8 Å². The molecule has 0 fully saturated rings. The summed E-state index contributed by atoms with van der Waals surface area (Å²) in [6.45, 7) is 4.57. The normalized spacial score (nSPS) is 10.6. The van der Waals surface area contributed by atoms with Crippen LogP contribution in [0.4, 0.5) is 0 Å². The van der Waals surface area contributed by atoms with E-state index in [4.69, 9.17) is 4.74 Å². The number of hydrogen-bond donors (Lipinski definition) is 0. The molecule has 83 valence electrons. The Hall–Kier alpha value is -1.57. The zero-order chi connectivity index (χ0) is 11.2. The number of benzene rings is 1. The minimum Gasteiger partial charge on any atom is -0.494 e. The number of ether oxygens (including phenoxy) is 1. The molecule has 1 heterocycles. The summed E-state index contributed by atoms with van der Waals surface area (Å²) in [6, 6.07) is 8.11. The van der Waals surface area contributed by atoms with Gasteiger partial charge in [0.05, 0.1) is 6.61 Å². The minimum atomic E-state index is 0.765. The molecule has 0 aliphatic carbocycles. The molecule has 1 aromatic carbocycles. The van der Waals surface area contributed by atoms with Crippen molar-refractivity contribution in [3.63, 3.8) is 0 Å². The number of hydrogen-bond acceptors (Lipinski definition) is 2. The molecule has 1 aromatic heterocycles. The molecular weight excluding hydrogens is 198 g/mol. The van der Waals surface area contributed by atoms with Crippen LogP contribution in [0.1, 0.15) is 19.3 Å². The van der Waals surface area contributed by atoms with Crippen molar-refractivity contribution < 1.29 is 4.74 Å². The summed E-state index contributed by atoms with van der Waals surface area (Å²) in [7, 11) is 0. The molecule has 0 amide bonds. The summed E-state index contributed by atoms with van der Waals surface area (Å²) in [5, 5.41) is 2.32. The average molecular weight is 214 g/mol. The van der Waals surface area contributed by atoms with E-state index < -0.39 is 0 Å². The van der Waals surface area contributed by atoms with Gasteiger partial charge in [0.2, 0.25) is 0 Å². The molecule has 16 heavy (non-hydrogen) atoms. The van der Waals surface area contributed by atoms with Gasteiger partial charge in [-0.15, -0.1) is 0 Å². The Balaban J connectivity index is 2.02. The maximum Gasteiger partial charge on any atom is 0.119 e. The van der Waals surface area contributed by atoms with Crippen LogP contribution in [0.5, 0.6) is 5.75 Å². The Labute approximate surface area is 96.3 Å². The Morgan fingerprint density at radius 3 is 2.94 bits per heavy atom. The van der Waals surface area contributed by atoms with E-state index in [0.29, 0.717) is 0 Å². The van der Waals surface area contributed by atoms with E-state index >= 15 is 0 Å². The minimum absolute atomic E-state index is 0.765. The van der Waals surface area contributed by atoms with Crippen molar-refractivity contribution in [2.24, 2.45) is 0 Å². The maximum atomic E-state index is 5.66. The van der Waals surface area contributed by atoms with Gasteiger partial charge in [0.1, 0.15) is 5.75 Å². The van der Waals surface area contributed by atoms with E-state index in [9.17, 15) is 0 Å². The van der Waals surface area contributed by atoms with Crippen molar-refractivity contribution in [3.05, 3.63) is 43.6 Å². The third-order valence-corrected chi connectivity index (χ3v) is 2.53. The highest BCUT2D eigenvalue weighted by atomic mass is 16.5. The summed E-state index contributed by atoms with van der Waals surface area (Å²) in [5.41, 5.74) is 0. The molecule has 0 unspecified atom stereocenters. The molecule has 0 spiro atoms. The summed E-state index contributed by atoms with van der Waals surface area (Å²) in [4.78, 5) is 4.10. The van der Waals surface area contributed by atoms with Crippen LogP contribution in [0.3, 0.4) is 0 Å². The summed E-state index contributed by atoms with van der Waals surface area (Å²) in [5.74, 6) is 0.921. The van der Waals surface area contributed by atoms with Gasteiger partial charge >= 0.3 is 0 Å². The zero-order valence-electron chi connectivity index (χ0n) is 9.36. The van der Waals surface area contributed by atoms with Gasteiger partial charge in [-0.3, -0.25) is 4.98 Å². The highest BCUT2D eigenvalue weighted by Crippen LogP contribution is 2.19. The quantitative estimate of drug-likeness (QED) is 0.709. The molecule has 0 saturated carbocycles. The van der Waals surface area contributed by atoms with Gasteiger partial charge in [0.15, 0.2) is 0 Å². The second-order valence-electron chi connectivity index (χ2n) is 3.79. The van der Waals surface area contributed by atoms with Crippen LogP contribution in [0, 0.1) is 6.92 Å². The number of nitrogens with zero attached hydrogens (tertiary/aromatic N) is 1. The molecule has 2 aromatic rings. The van der Waals surface area contributed by atoms with Crippen LogP contribution in [0.2, 0.25) is 0 Å².